The molecule has 0 atom stereocenters. The number of hydrogen-bond donors (Lipinski definition) is 0. The monoisotopic (exact) mass is 353 g/mol. The van der Waals surface area contributed by atoms with Crippen molar-refractivity contribution in [1.82, 2.24) is 0 Å². The van der Waals surface area contributed by atoms with Crippen LogP contribution in [0.2, 0.25) is 0 Å². The maximum atomic E-state index is 11.5. The average Bonchev–Trinajstić information content (AvgIpc) is 2.93. The first-order valence-electron chi connectivity index (χ1n) is 9.32. The van der Waals surface area contributed by atoms with E-state index in [1.54, 1.807) is 6.08 Å². The van der Waals surface area contributed by atoms with Gasteiger partial charge in [-0.15, -0.1) is 0 Å². The van der Waals surface area contributed by atoms with Gasteiger partial charge in [-0.25, -0.2) is 0 Å². The van der Waals surface area contributed by atoms with Crippen molar-refractivity contribution in [2.24, 2.45) is 0 Å². The van der Waals surface area contributed by atoms with Gasteiger partial charge >= 0.3 is 0 Å². The lowest BCUT2D eigenvalue weighted by Gasteiger charge is -2.33. The van der Waals surface area contributed by atoms with Crippen LogP contribution >= 0.6 is 0 Å². The molecule has 0 bridgehead atoms. The highest BCUT2D eigenvalue weighted by Crippen LogP contribution is 2.50. The standard InChI is InChI=1S/C25H23NO/c1-26-23-15-9-8-14-22(23)25(24(26)16-17-27,18-20-10-4-2-5-11-20)19-21-12-6-3-7-13-21/h2-17H,18-19H2,1H3. The molecule has 134 valence electrons. The molecule has 1 aliphatic rings. The van der Waals surface area contributed by atoms with Gasteiger partial charge in [0.1, 0.15) is 6.29 Å². The molecule has 0 spiro atoms. The summed E-state index contributed by atoms with van der Waals surface area (Å²) in [5, 5.41) is 0. The maximum absolute atomic E-state index is 11.5. The van der Waals surface area contributed by atoms with Crippen LogP contribution in [0.3, 0.4) is 0 Å². The third-order valence-corrected chi connectivity index (χ3v) is 5.56. The lowest BCUT2D eigenvalue weighted by Crippen LogP contribution is -2.34. The average molecular weight is 353 g/mol. The van der Waals surface area contributed by atoms with E-state index in [1.807, 2.05) is 12.1 Å². The minimum Gasteiger partial charge on any atom is -0.347 e. The largest absolute Gasteiger partial charge is 0.347 e. The minimum absolute atomic E-state index is 0.269. The van der Waals surface area contributed by atoms with Gasteiger partial charge in [0.05, 0.1) is 0 Å². The van der Waals surface area contributed by atoms with Gasteiger partial charge < -0.3 is 4.90 Å². The van der Waals surface area contributed by atoms with Crippen LogP contribution in [0.15, 0.2) is 96.7 Å². The third kappa shape index (κ3) is 3.08. The highest BCUT2D eigenvalue weighted by atomic mass is 16.1. The summed E-state index contributed by atoms with van der Waals surface area (Å²) in [7, 11) is 2.06. The van der Waals surface area contributed by atoms with Crippen molar-refractivity contribution in [3.05, 3.63) is 113 Å². The Bertz CT molecular complexity index is 918. The molecule has 0 unspecified atom stereocenters. The molecule has 0 radical (unpaired) electrons. The molecular weight excluding hydrogens is 330 g/mol. The molecule has 2 nitrogen and oxygen atoms in total. The number of allylic oxidation sites excluding steroid dienone is 2. The molecule has 0 fully saturated rings. The second-order valence-electron chi connectivity index (χ2n) is 7.17. The van der Waals surface area contributed by atoms with Gasteiger partial charge in [-0.05, 0) is 41.7 Å². The van der Waals surface area contributed by atoms with Crippen molar-refractivity contribution in [3.63, 3.8) is 0 Å². The zero-order valence-corrected chi connectivity index (χ0v) is 15.5. The second kappa shape index (κ2) is 7.24. The second-order valence-corrected chi connectivity index (χ2v) is 7.17. The Morgan fingerprint density at radius 1 is 0.778 bits per heavy atom. The SMILES string of the molecule is CN1C(=CC=O)C(Cc2ccccc2)(Cc2ccccc2)c2ccccc21. The smallest absolute Gasteiger partial charge is 0.144 e. The lowest BCUT2D eigenvalue weighted by atomic mass is 9.70. The Hall–Kier alpha value is -3.13. The Morgan fingerprint density at radius 2 is 1.30 bits per heavy atom. The van der Waals surface area contributed by atoms with E-state index in [0.717, 1.165) is 24.8 Å². The first-order valence-corrected chi connectivity index (χ1v) is 9.32. The van der Waals surface area contributed by atoms with Crippen molar-refractivity contribution in [2.75, 3.05) is 11.9 Å². The number of benzene rings is 3. The molecule has 27 heavy (non-hydrogen) atoms. The summed E-state index contributed by atoms with van der Waals surface area (Å²) >= 11 is 0. The molecule has 0 aliphatic carbocycles. The van der Waals surface area contributed by atoms with Gasteiger partial charge in [-0.2, -0.15) is 0 Å². The lowest BCUT2D eigenvalue weighted by molar-refractivity contribution is -0.104. The van der Waals surface area contributed by atoms with Crippen molar-refractivity contribution >= 4 is 12.0 Å². The maximum Gasteiger partial charge on any atom is 0.144 e. The fourth-order valence-electron chi connectivity index (χ4n) is 4.42. The first kappa shape index (κ1) is 17.3. The van der Waals surface area contributed by atoms with Gasteiger partial charge in [-0.1, -0.05) is 78.9 Å². The van der Waals surface area contributed by atoms with Crippen LogP contribution < -0.4 is 4.90 Å². The molecule has 1 aliphatic heterocycles. The predicted octanol–water partition coefficient (Wildman–Crippen LogP) is 4.94. The van der Waals surface area contributed by atoms with Crippen molar-refractivity contribution in [3.8, 4) is 0 Å². The van der Waals surface area contributed by atoms with E-state index in [2.05, 4.69) is 84.7 Å². The Balaban J connectivity index is 1.92. The number of fused-ring (bicyclic) bond motifs is 1. The number of carbonyl (C=O) groups is 1. The van der Waals surface area contributed by atoms with Crippen LogP contribution in [-0.4, -0.2) is 13.3 Å². The first-order chi connectivity index (χ1) is 13.2. The molecule has 0 aromatic heterocycles. The number of aldehydes is 1. The van der Waals surface area contributed by atoms with E-state index in [0.29, 0.717) is 0 Å². The summed E-state index contributed by atoms with van der Waals surface area (Å²) in [6, 6.07) is 29.6. The van der Waals surface area contributed by atoms with Crippen molar-refractivity contribution in [1.29, 1.82) is 0 Å². The van der Waals surface area contributed by atoms with E-state index in [1.165, 1.54) is 22.4 Å². The van der Waals surface area contributed by atoms with Gasteiger partial charge in [0.2, 0.25) is 0 Å². The zero-order valence-electron chi connectivity index (χ0n) is 15.5. The van der Waals surface area contributed by atoms with Crippen LogP contribution in [0.1, 0.15) is 16.7 Å². The molecule has 3 aromatic carbocycles. The number of likely N-dealkylation sites (N-methyl/N-ethyl adjacent to an activating group) is 1. The van der Waals surface area contributed by atoms with Gasteiger partial charge in [0, 0.05) is 23.8 Å². The van der Waals surface area contributed by atoms with Crippen LogP contribution in [0, 0.1) is 0 Å². The van der Waals surface area contributed by atoms with Gasteiger partial charge in [-0.3, -0.25) is 4.79 Å². The van der Waals surface area contributed by atoms with Crippen molar-refractivity contribution < 1.29 is 4.79 Å². The number of para-hydroxylation sites is 1. The van der Waals surface area contributed by atoms with Crippen molar-refractivity contribution in [2.45, 2.75) is 18.3 Å². The number of hydrogen-bond acceptors (Lipinski definition) is 2. The third-order valence-electron chi connectivity index (χ3n) is 5.56. The summed E-state index contributed by atoms with van der Waals surface area (Å²) in [4.78, 5) is 13.7. The summed E-state index contributed by atoms with van der Waals surface area (Å²) in [5.74, 6) is 0. The highest BCUT2D eigenvalue weighted by molar-refractivity contribution is 5.77. The molecule has 2 heteroatoms. The fraction of sp³-hybridized carbons (Fsp3) is 0.160. The number of nitrogens with zero attached hydrogens (tertiary/aromatic N) is 1. The van der Waals surface area contributed by atoms with E-state index >= 15 is 0 Å². The fourth-order valence-corrected chi connectivity index (χ4v) is 4.42. The summed E-state index contributed by atoms with van der Waals surface area (Å²) < 4.78 is 0. The van der Waals surface area contributed by atoms with E-state index in [9.17, 15) is 4.79 Å². The summed E-state index contributed by atoms with van der Waals surface area (Å²) in [6.45, 7) is 0. The summed E-state index contributed by atoms with van der Waals surface area (Å²) in [5.41, 5.74) is 5.80. The van der Waals surface area contributed by atoms with Gasteiger partial charge in [0.15, 0.2) is 0 Å². The number of anilines is 1. The predicted molar refractivity (Wildman–Crippen MR) is 111 cm³/mol. The Kier molecular flexibility index (Phi) is 4.64. The quantitative estimate of drug-likeness (QED) is 0.478. The molecule has 0 saturated heterocycles. The molecule has 0 N–H and O–H groups in total. The molecule has 0 amide bonds. The van der Waals surface area contributed by atoms with Crippen LogP contribution in [0.4, 0.5) is 5.69 Å². The summed E-state index contributed by atoms with van der Waals surface area (Å²) in [6.07, 6.45) is 4.36. The molecular formula is C25H23NO. The zero-order chi connectivity index (χ0) is 18.7. The van der Waals surface area contributed by atoms with Crippen LogP contribution in [-0.2, 0) is 23.1 Å². The molecule has 3 aromatic rings. The Morgan fingerprint density at radius 3 is 1.85 bits per heavy atom. The van der Waals surface area contributed by atoms with E-state index in [4.69, 9.17) is 0 Å². The minimum atomic E-state index is -0.269. The topological polar surface area (TPSA) is 20.3 Å². The molecule has 4 rings (SSSR count). The number of carbonyl (C=O) groups excluding carboxylic acids is 1. The highest BCUT2D eigenvalue weighted by Gasteiger charge is 2.45. The molecule has 0 saturated carbocycles. The van der Waals surface area contributed by atoms with E-state index in [-0.39, 0.29) is 5.41 Å². The normalized spacial score (nSPS) is 16.3. The Labute approximate surface area is 160 Å². The van der Waals surface area contributed by atoms with Crippen LogP contribution in [0.25, 0.3) is 0 Å². The van der Waals surface area contributed by atoms with Crippen LogP contribution in [0.5, 0.6) is 0 Å². The van der Waals surface area contributed by atoms with Gasteiger partial charge in [0.25, 0.3) is 0 Å². The van der Waals surface area contributed by atoms with E-state index < -0.39 is 0 Å². The number of rotatable bonds is 5. The molecule has 1 heterocycles.